The molecule has 0 saturated heterocycles. The van der Waals surface area contributed by atoms with E-state index in [2.05, 4.69) is 6.58 Å². The molecule has 0 spiro atoms. The molecule has 0 bridgehead atoms. The van der Waals surface area contributed by atoms with Gasteiger partial charge in [0.15, 0.2) is 0 Å². The summed E-state index contributed by atoms with van der Waals surface area (Å²) in [5, 5.41) is 2.10. The monoisotopic (exact) mass is 212 g/mol. The molecule has 80 valence electrons. The molecule has 0 aromatic heterocycles. The molecule has 2 rings (SSSR count). The van der Waals surface area contributed by atoms with Gasteiger partial charge in [-0.25, -0.2) is 4.79 Å². The lowest BCUT2D eigenvalue weighted by Crippen LogP contribution is -2.03. The maximum Gasteiger partial charge on any atom is 0.338 e. The zero-order chi connectivity index (χ0) is 11.5. The van der Waals surface area contributed by atoms with Crippen molar-refractivity contribution in [2.24, 2.45) is 0 Å². The molecule has 16 heavy (non-hydrogen) atoms. The van der Waals surface area contributed by atoms with Crippen LogP contribution in [0, 0.1) is 0 Å². The van der Waals surface area contributed by atoms with Crippen molar-refractivity contribution in [3.8, 4) is 0 Å². The molecule has 0 atom stereocenters. The molecule has 0 heterocycles. The van der Waals surface area contributed by atoms with E-state index in [0.29, 0.717) is 5.56 Å². The van der Waals surface area contributed by atoms with E-state index >= 15 is 0 Å². The van der Waals surface area contributed by atoms with Gasteiger partial charge in [-0.2, -0.15) is 0 Å². The largest absolute Gasteiger partial charge is 0.465 e. The first kappa shape index (κ1) is 10.4. The lowest BCUT2D eigenvalue weighted by Gasteiger charge is -2.07. The van der Waals surface area contributed by atoms with Crippen molar-refractivity contribution in [1.82, 2.24) is 0 Å². The summed E-state index contributed by atoms with van der Waals surface area (Å²) in [4.78, 5) is 11.6. The smallest absolute Gasteiger partial charge is 0.338 e. The molecule has 2 aromatic rings. The van der Waals surface area contributed by atoms with Crippen LogP contribution in [0.15, 0.2) is 43.0 Å². The van der Waals surface area contributed by atoms with E-state index in [1.807, 2.05) is 30.3 Å². The van der Waals surface area contributed by atoms with Crippen molar-refractivity contribution in [2.75, 3.05) is 7.11 Å². The third-order valence-electron chi connectivity index (χ3n) is 2.58. The van der Waals surface area contributed by atoms with Gasteiger partial charge < -0.3 is 4.74 Å². The standard InChI is InChI=1S/C14H12O2/c1-3-11-12-7-5-4-6-10(12)8-9-13(11)14(15)16-2/h3-9H,1H2,2H3. The molecule has 0 unspecified atom stereocenters. The van der Waals surface area contributed by atoms with Gasteiger partial charge in [-0.3, -0.25) is 0 Å². The minimum absolute atomic E-state index is 0.333. The zero-order valence-corrected chi connectivity index (χ0v) is 9.07. The highest BCUT2D eigenvalue weighted by molar-refractivity contribution is 6.02. The summed E-state index contributed by atoms with van der Waals surface area (Å²) in [7, 11) is 1.38. The number of esters is 1. The minimum atomic E-state index is -0.333. The second-order valence-corrected chi connectivity index (χ2v) is 3.44. The number of hydrogen-bond donors (Lipinski definition) is 0. The molecule has 0 aliphatic carbocycles. The van der Waals surface area contributed by atoms with Gasteiger partial charge in [0.25, 0.3) is 0 Å². The summed E-state index contributed by atoms with van der Waals surface area (Å²) in [5.74, 6) is -0.333. The Bertz CT molecular complexity index is 556. The Morgan fingerprint density at radius 2 is 2.00 bits per heavy atom. The number of fused-ring (bicyclic) bond motifs is 1. The normalized spacial score (nSPS) is 10.1. The molecule has 0 radical (unpaired) electrons. The van der Waals surface area contributed by atoms with Crippen LogP contribution in [0.5, 0.6) is 0 Å². The van der Waals surface area contributed by atoms with Gasteiger partial charge in [-0.15, -0.1) is 0 Å². The molecular weight excluding hydrogens is 200 g/mol. The number of methoxy groups -OCH3 is 1. The fourth-order valence-electron chi connectivity index (χ4n) is 1.80. The first-order valence-electron chi connectivity index (χ1n) is 5.00. The first-order chi connectivity index (χ1) is 7.77. The van der Waals surface area contributed by atoms with Crippen LogP contribution in [0.2, 0.25) is 0 Å². The summed E-state index contributed by atoms with van der Waals surface area (Å²) in [6, 6.07) is 11.6. The molecule has 0 N–H and O–H groups in total. The van der Waals surface area contributed by atoms with E-state index in [4.69, 9.17) is 4.74 Å². The Kier molecular flexibility index (Phi) is 2.73. The minimum Gasteiger partial charge on any atom is -0.465 e. The molecule has 0 saturated carbocycles. The van der Waals surface area contributed by atoms with Crippen molar-refractivity contribution in [3.63, 3.8) is 0 Å². The Morgan fingerprint density at radius 3 is 2.69 bits per heavy atom. The fraction of sp³-hybridized carbons (Fsp3) is 0.0714. The number of carbonyl (C=O) groups is 1. The Balaban J connectivity index is 2.77. The van der Waals surface area contributed by atoms with Crippen LogP contribution >= 0.6 is 0 Å². The van der Waals surface area contributed by atoms with E-state index in [9.17, 15) is 4.79 Å². The van der Waals surface area contributed by atoms with Gasteiger partial charge in [0.2, 0.25) is 0 Å². The summed E-state index contributed by atoms with van der Waals surface area (Å²) < 4.78 is 4.74. The predicted octanol–water partition coefficient (Wildman–Crippen LogP) is 3.27. The maximum atomic E-state index is 11.6. The highest BCUT2D eigenvalue weighted by Gasteiger charge is 2.11. The second kappa shape index (κ2) is 4.19. The Labute approximate surface area is 94.2 Å². The summed E-state index contributed by atoms with van der Waals surface area (Å²) in [6.45, 7) is 3.75. The SMILES string of the molecule is C=Cc1c(C(=O)OC)ccc2ccccc12. The highest BCUT2D eigenvalue weighted by atomic mass is 16.5. The van der Waals surface area contributed by atoms with Crippen LogP contribution in [0.3, 0.4) is 0 Å². The first-order valence-corrected chi connectivity index (χ1v) is 5.00. The predicted molar refractivity (Wildman–Crippen MR) is 65.4 cm³/mol. The van der Waals surface area contributed by atoms with E-state index in [0.717, 1.165) is 16.3 Å². The van der Waals surface area contributed by atoms with Gasteiger partial charge in [-0.05, 0) is 22.4 Å². The molecular formula is C14H12O2. The van der Waals surface area contributed by atoms with Crippen LogP contribution in [0.25, 0.3) is 16.8 Å². The van der Waals surface area contributed by atoms with Gasteiger partial charge in [0.1, 0.15) is 0 Å². The van der Waals surface area contributed by atoms with E-state index in [1.54, 1.807) is 12.1 Å². The average Bonchev–Trinajstić information content (AvgIpc) is 2.36. The van der Waals surface area contributed by atoms with Crippen molar-refractivity contribution < 1.29 is 9.53 Å². The van der Waals surface area contributed by atoms with Gasteiger partial charge in [-0.1, -0.05) is 43.0 Å². The Morgan fingerprint density at radius 1 is 1.25 bits per heavy atom. The third kappa shape index (κ3) is 1.58. The van der Waals surface area contributed by atoms with Crippen molar-refractivity contribution in [1.29, 1.82) is 0 Å². The van der Waals surface area contributed by atoms with Crippen LogP contribution in [-0.2, 0) is 4.74 Å². The van der Waals surface area contributed by atoms with Crippen LogP contribution in [0.4, 0.5) is 0 Å². The lowest BCUT2D eigenvalue weighted by molar-refractivity contribution is 0.0600. The molecule has 2 heteroatoms. The fourth-order valence-corrected chi connectivity index (χ4v) is 1.80. The van der Waals surface area contributed by atoms with E-state index in [1.165, 1.54) is 7.11 Å². The van der Waals surface area contributed by atoms with Gasteiger partial charge in [0.05, 0.1) is 12.7 Å². The summed E-state index contributed by atoms with van der Waals surface area (Å²) >= 11 is 0. The van der Waals surface area contributed by atoms with Crippen LogP contribution in [0.1, 0.15) is 15.9 Å². The second-order valence-electron chi connectivity index (χ2n) is 3.44. The maximum absolute atomic E-state index is 11.6. The van der Waals surface area contributed by atoms with E-state index < -0.39 is 0 Å². The van der Waals surface area contributed by atoms with Crippen LogP contribution < -0.4 is 0 Å². The number of ether oxygens (including phenoxy) is 1. The third-order valence-corrected chi connectivity index (χ3v) is 2.58. The number of benzene rings is 2. The molecule has 2 aromatic carbocycles. The quantitative estimate of drug-likeness (QED) is 0.714. The number of carbonyl (C=O) groups excluding carboxylic acids is 1. The molecule has 0 fully saturated rings. The molecule has 0 amide bonds. The zero-order valence-electron chi connectivity index (χ0n) is 9.07. The molecule has 0 aliphatic heterocycles. The van der Waals surface area contributed by atoms with Crippen molar-refractivity contribution in [3.05, 3.63) is 54.1 Å². The molecule has 0 aliphatic rings. The van der Waals surface area contributed by atoms with Crippen molar-refractivity contribution in [2.45, 2.75) is 0 Å². The van der Waals surface area contributed by atoms with Gasteiger partial charge >= 0.3 is 5.97 Å². The highest BCUT2D eigenvalue weighted by Crippen LogP contribution is 2.23. The Hall–Kier alpha value is -2.09. The summed E-state index contributed by atoms with van der Waals surface area (Å²) in [6.07, 6.45) is 1.69. The lowest BCUT2D eigenvalue weighted by atomic mass is 9.99. The van der Waals surface area contributed by atoms with E-state index in [-0.39, 0.29) is 5.97 Å². The van der Waals surface area contributed by atoms with Gasteiger partial charge in [0, 0.05) is 0 Å². The van der Waals surface area contributed by atoms with Crippen LogP contribution in [-0.4, -0.2) is 13.1 Å². The van der Waals surface area contributed by atoms with Crippen molar-refractivity contribution >= 4 is 22.8 Å². The number of rotatable bonds is 2. The average molecular weight is 212 g/mol. The number of hydrogen-bond acceptors (Lipinski definition) is 2. The molecule has 2 nitrogen and oxygen atoms in total. The topological polar surface area (TPSA) is 26.3 Å². The summed E-state index contributed by atoms with van der Waals surface area (Å²) in [5.41, 5.74) is 1.38.